The molecule has 6 heteroatoms. The first-order valence-corrected chi connectivity index (χ1v) is 17.4. The van der Waals surface area contributed by atoms with Crippen molar-refractivity contribution in [3.05, 3.63) is 58.3 Å². The van der Waals surface area contributed by atoms with Gasteiger partial charge in [0.1, 0.15) is 0 Å². The summed E-state index contributed by atoms with van der Waals surface area (Å²) in [4.78, 5) is 22.3. The van der Waals surface area contributed by atoms with E-state index < -0.39 is 0 Å². The average molecular weight is 573 g/mol. The molecule has 0 spiro atoms. The van der Waals surface area contributed by atoms with Crippen LogP contribution >= 0.6 is 57.1 Å². The van der Waals surface area contributed by atoms with E-state index in [0.29, 0.717) is 0 Å². The lowest BCUT2D eigenvalue weighted by Gasteiger charge is -1.99. The lowest BCUT2D eigenvalue weighted by atomic mass is 10.1. The molecule has 0 saturated heterocycles. The fraction of sp³-hybridized carbons (Fsp3) is 0.433. The van der Waals surface area contributed by atoms with Gasteiger partial charge in [-0.2, -0.15) is 0 Å². The number of hydrogen-bond acceptors (Lipinski definition) is 6. The van der Waals surface area contributed by atoms with Crippen LogP contribution in [0.15, 0.2) is 48.5 Å². The number of carbonyl (C=O) groups excluding carboxylic acids is 1. The fourth-order valence-electron chi connectivity index (χ4n) is 4.19. The van der Waals surface area contributed by atoms with E-state index >= 15 is 0 Å². The van der Waals surface area contributed by atoms with Gasteiger partial charge < -0.3 is 0 Å². The first-order chi connectivity index (χ1) is 17.6. The number of thiophene rings is 4. The Labute approximate surface area is 237 Å². The molecule has 1 nitrogen and oxygen atoms in total. The SMILES string of the molecule is CCCCCCc1ccc(-c2ccc(-c3ccc(-c4ccc(CCCCCCSC(C)=O)s4)s3)s2)s1. The summed E-state index contributed by atoms with van der Waals surface area (Å²) < 4.78 is 0. The molecule has 0 aliphatic rings. The summed E-state index contributed by atoms with van der Waals surface area (Å²) in [5.74, 6) is 0.971. The van der Waals surface area contributed by atoms with Crippen molar-refractivity contribution in [2.45, 2.75) is 78.1 Å². The zero-order valence-corrected chi connectivity index (χ0v) is 25.4. The first kappa shape index (κ1) is 27.8. The van der Waals surface area contributed by atoms with Crippen LogP contribution in [0.2, 0.25) is 0 Å². The fourth-order valence-corrected chi connectivity index (χ4v) is 9.21. The molecule has 0 amide bonds. The van der Waals surface area contributed by atoms with E-state index in [1.54, 1.807) is 6.92 Å². The molecule has 0 atom stereocenters. The van der Waals surface area contributed by atoms with Gasteiger partial charge in [0.15, 0.2) is 5.12 Å². The van der Waals surface area contributed by atoms with Crippen LogP contribution in [0.25, 0.3) is 29.3 Å². The Morgan fingerprint density at radius 1 is 0.583 bits per heavy atom. The molecule has 0 aliphatic heterocycles. The van der Waals surface area contributed by atoms with Gasteiger partial charge in [0.05, 0.1) is 0 Å². The van der Waals surface area contributed by atoms with Gasteiger partial charge in [0, 0.05) is 51.7 Å². The zero-order valence-electron chi connectivity index (χ0n) is 21.3. The summed E-state index contributed by atoms with van der Waals surface area (Å²) in [5, 5.41) is 0.238. The number of carbonyl (C=O) groups is 1. The number of unbranched alkanes of at least 4 members (excludes halogenated alkanes) is 6. The molecule has 0 aliphatic carbocycles. The molecule has 0 radical (unpaired) electrons. The average Bonchev–Trinajstić information content (AvgIpc) is 3.66. The topological polar surface area (TPSA) is 17.1 Å². The van der Waals surface area contributed by atoms with E-state index in [9.17, 15) is 4.79 Å². The highest BCUT2D eigenvalue weighted by Crippen LogP contribution is 2.43. The second kappa shape index (κ2) is 14.7. The van der Waals surface area contributed by atoms with Crippen molar-refractivity contribution < 1.29 is 4.79 Å². The van der Waals surface area contributed by atoms with Gasteiger partial charge >= 0.3 is 0 Å². The molecule has 0 unspecified atom stereocenters. The highest BCUT2D eigenvalue weighted by Gasteiger charge is 2.12. The van der Waals surface area contributed by atoms with Gasteiger partial charge in [-0.05, 0) is 80.6 Å². The maximum atomic E-state index is 11.0. The summed E-state index contributed by atoms with van der Waals surface area (Å²) >= 11 is 9.21. The largest absolute Gasteiger partial charge is 0.288 e. The van der Waals surface area contributed by atoms with Gasteiger partial charge in [-0.15, -0.1) is 45.3 Å². The van der Waals surface area contributed by atoms with E-state index in [0.717, 1.165) is 12.2 Å². The first-order valence-electron chi connectivity index (χ1n) is 13.1. The van der Waals surface area contributed by atoms with Gasteiger partial charge in [-0.3, -0.25) is 4.79 Å². The van der Waals surface area contributed by atoms with Crippen LogP contribution in [0.4, 0.5) is 0 Å². The number of aryl methyl sites for hydroxylation is 2. The van der Waals surface area contributed by atoms with E-state index in [-0.39, 0.29) is 5.12 Å². The van der Waals surface area contributed by atoms with Crippen molar-refractivity contribution in [2.75, 3.05) is 5.75 Å². The van der Waals surface area contributed by atoms with E-state index in [1.165, 1.54) is 109 Å². The molecule has 0 bridgehead atoms. The van der Waals surface area contributed by atoms with Crippen LogP contribution in [0.5, 0.6) is 0 Å². The Morgan fingerprint density at radius 2 is 1.00 bits per heavy atom. The lowest BCUT2D eigenvalue weighted by Crippen LogP contribution is -1.87. The van der Waals surface area contributed by atoms with Crippen molar-refractivity contribution in [3.63, 3.8) is 0 Å². The van der Waals surface area contributed by atoms with Gasteiger partial charge in [0.2, 0.25) is 0 Å². The summed E-state index contributed by atoms with van der Waals surface area (Å²) in [6, 6.07) is 18.4. The van der Waals surface area contributed by atoms with Crippen molar-refractivity contribution in [2.24, 2.45) is 0 Å². The summed E-state index contributed by atoms with van der Waals surface area (Å²) in [6.45, 7) is 3.93. The molecule has 4 rings (SSSR count). The Kier molecular flexibility index (Phi) is 11.4. The molecule has 4 aromatic heterocycles. The van der Waals surface area contributed by atoms with Crippen molar-refractivity contribution >= 4 is 62.2 Å². The minimum Gasteiger partial charge on any atom is -0.288 e. The predicted molar refractivity (Wildman–Crippen MR) is 167 cm³/mol. The van der Waals surface area contributed by atoms with Crippen LogP contribution in [0.1, 0.15) is 75.0 Å². The van der Waals surface area contributed by atoms with Crippen LogP contribution in [0.3, 0.4) is 0 Å². The summed E-state index contributed by atoms with van der Waals surface area (Å²) in [7, 11) is 0. The third-order valence-electron chi connectivity index (χ3n) is 6.16. The normalized spacial score (nSPS) is 11.4. The van der Waals surface area contributed by atoms with Gasteiger partial charge in [0.25, 0.3) is 0 Å². The second-order valence-electron chi connectivity index (χ2n) is 9.17. The standard InChI is InChI=1S/C30H36OS5/c1-3-4-5-8-11-23-13-15-25(33-23)27-17-19-29(35-27)30-20-18-28(36-30)26-16-14-24(34-26)12-9-6-7-10-21-32-22(2)31/h13-20H,3-12,21H2,1-2H3. The Bertz CT molecular complexity index is 1210. The molecule has 0 aromatic carbocycles. The minimum absolute atomic E-state index is 0.238. The summed E-state index contributed by atoms with van der Waals surface area (Å²) in [6.07, 6.45) is 12.6. The predicted octanol–water partition coefficient (Wildman–Crippen LogP) is 11.4. The third kappa shape index (κ3) is 8.42. The number of thioether (sulfide) groups is 1. The third-order valence-corrected chi connectivity index (χ3v) is 12.1. The van der Waals surface area contributed by atoms with Crippen molar-refractivity contribution in [1.29, 1.82) is 0 Å². The quantitative estimate of drug-likeness (QED) is 0.132. The Balaban J connectivity index is 1.27. The van der Waals surface area contributed by atoms with Crippen LogP contribution < -0.4 is 0 Å². The van der Waals surface area contributed by atoms with Crippen LogP contribution in [-0.2, 0) is 17.6 Å². The summed E-state index contributed by atoms with van der Waals surface area (Å²) in [5.41, 5.74) is 0. The molecule has 0 saturated carbocycles. The van der Waals surface area contributed by atoms with Crippen molar-refractivity contribution in [1.82, 2.24) is 0 Å². The molecule has 192 valence electrons. The van der Waals surface area contributed by atoms with E-state index in [2.05, 4.69) is 55.5 Å². The van der Waals surface area contributed by atoms with Gasteiger partial charge in [-0.1, -0.05) is 50.8 Å². The lowest BCUT2D eigenvalue weighted by molar-refractivity contribution is -0.109. The molecule has 0 N–H and O–H groups in total. The molecule has 36 heavy (non-hydrogen) atoms. The molecule has 4 aromatic rings. The minimum atomic E-state index is 0.238. The monoisotopic (exact) mass is 572 g/mol. The van der Waals surface area contributed by atoms with Crippen LogP contribution in [0, 0.1) is 0 Å². The smallest absolute Gasteiger partial charge is 0.185 e. The van der Waals surface area contributed by atoms with E-state index in [1.807, 2.05) is 45.3 Å². The Hall–Kier alpha value is -1.18. The second-order valence-corrected chi connectivity index (χ2v) is 15.0. The molecular formula is C30H36OS5. The maximum absolute atomic E-state index is 11.0. The van der Waals surface area contributed by atoms with E-state index in [4.69, 9.17) is 0 Å². The maximum Gasteiger partial charge on any atom is 0.185 e. The van der Waals surface area contributed by atoms with Crippen molar-refractivity contribution in [3.8, 4) is 29.3 Å². The zero-order chi connectivity index (χ0) is 25.2. The van der Waals surface area contributed by atoms with Crippen LogP contribution in [-0.4, -0.2) is 10.9 Å². The molecule has 4 heterocycles. The Morgan fingerprint density at radius 3 is 1.47 bits per heavy atom. The number of rotatable bonds is 15. The number of hydrogen-bond donors (Lipinski definition) is 0. The highest BCUT2D eigenvalue weighted by molar-refractivity contribution is 8.13. The molecule has 0 fully saturated rings. The van der Waals surface area contributed by atoms with Gasteiger partial charge in [-0.25, -0.2) is 0 Å². The highest BCUT2D eigenvalue weighted by atomic mass is 32.2. The molecular weight excluding hydrogens is 537 g/mol.